The Kier molecular flexibility index (Phi) is 6.84. The van der Waals surface area contributed by atoms with E-state index in [1.807, 2.05) is 72.8 Å². The Labute approximate surface area is 197 Å². The fourth-order valence-corrected chi connectivity index (χ4v) is 4.55. The van der Waals surface area contributed by atoms with Crippen molar-refractivity contribution < 1.29 is 19.1 Å². The molecule has 8 heteroatoms. The Morgan fingerprint density at radius 3 is 2.67 bits per heavy atom. The number of amides is 1. The maximum Gasteiger partial charge on any atom is 0.338 e. The average Bonchev–Trinajstić information content (AvgIpc) is 3.27. The number of benzene rings is 2. The van der Waals surface area contributed by atoms with Gasteiger partial charge in [-0.05, 0) is 43.9 Å². The van der Waals surface area contributed by atoms with Crippen LogP contribution in [0, 0.1) is 6.92 Å². The molecule has 170 valence electrons. The first-order valence-corrected chi connectivity index (χ1v) is 11.5. The standard InChI is InChI=1S/C25H25N3O4S/c1-4-31-24(30)22-17(3)26-25-28(13-14-33-25)23(22)18-10-6-8-12-20(18)32-15-21(29)27-19-11-7-5-9-16(19)2/h5-14,23H,4,15H2,1-3H3,(H,27,29). The lowest BCUT2D eigenvalue weighted by Gasteiger charge is -2.34. The molecule has 0 aliphatic carbocycles. The summed E-state index contributed by atoms with van der Waals surface area (Å²) in [6.45, 7) is 5.61. The number of nitrogens with zero attached hydrogens (tertiary/aromatic N) is 2. The van der Waals surface area contributed by atoms with Gasteiger partial charge in [0, 0.05) is 17.5 Å². The Bertz CT molecular complexity index is 1170. The first-order chi connectivity index (χ1) is 16.0. The third-order valence-corrected chi connectivity index (χ3v) is 6.08. The molecule has 0 spiro atoms. The number of carbonyl (C=O) groups is 2. The van der Waals surface area contributed by atoms with Crippen LogP contribution in [0.4, 0.5) is 5.69 Å². The molecule has 0 saturated carbocycles. The molecule has 7 nitrogen and oxygen atoms in total. The molecule has 0 aromatic heterocycles. The highest BCUT2D eigenvalue weighted by atomic mass is 32.2. The number of hydrogen-bond acceptors (Lipinski definition) is 7. The van der Waals surface area contributed by atoms with Gasteiger partial charge in [0.25, 0.3) is 5.91 Å². The largest absolute Gasteiger partial charge is 0.483 e. The van der Waals surface area contributed by atoms with Gasteiger partial charge in [-0.25, -0.2) is 9.79 Å². The van der Waals surface area contributed by atoms with E-state index < -0.39 is 12.0 Å². The van der Waals surface area contributed by atoms with Crippen molar-refractivity contribution in [3.8, 4) is 5.75 Å². The van der Waals surface area contributed by atoms with Gasteiger partial charge >= 0.3 is 5.97 Å². The Morgan fingerprint density at radius 2 is 1.88 bits per heavy atom. The summed E-state index contributed by atoms with van der Waals surface area (Å²) in [7, 11) is 0. The highest BCUT2D eigenvalue weighted by Gasteiger charge is 2.38. The predicted molar refractivity (Wildman–Crippen MR) is 130 cm³/mol. The average molecular weight is 464 g/mol. The number of ether oxygens (including phenoxy) is 2. The second-order valence-corrected chi connectivity index (χ2v) is 8.39. The van der Waals surface area contributed by atoms with Gasteiger partial charge in [0.15, 0.2) is 11.8 Å². The number of esters is 1. The van der Waals surface area contributed by atoms with E-state index in [1.165, 1.54) is 11.8 Å². The number of para-hydroxylation sites is 2. The van der Waals surface area contributed by atoms with Crippen LogP contribution >= 0.6 is 11.8 Å². The quantitative estimate of drug-likeness (QED) is 0.595. The van der Waals surface area contributed by atoms with Gasteiger partial charge in [-0.1, -0.05) is 48.2 Å². The normalized spacial score (nSPS) is 16.9. The van der Waals surface area contributed by atoms with E-state index >= 15 is 0 Å². The van der Waals surface area contributed by atoms with Crippen molar-refractivity contribution in [1.29, 1.82) is 0 Å². The molecule has 2 aliphatic heterocycles. The molecule has 1 N–H and O–H groups in total. The summed E-state index contributed by atoms with van der Waals surface area (Å²) >= 11 is 1.49. The van der Waals surface area contributed by atoms with Crippen LogP contribution in [-0.4, -0.2) is 35.2 Å². The fraction of sp³-hybridized carbons (Fsp3) is 0.240. The molecule has 0 fully saturated rings. The summed E-state index contributed by atoms with van der Waals surface area (Å²) in [6, 6.07) is 14.5. The van der Waals surface area contributed by atoms with Crippen molar-refractivity contribution in [3.63, 3.8) is 0 Å². The Morgan fingerprint density at radius 1 is 1.12 bits per heavy atom. The van der Waals surface area contributed by atoms with Crippen LogP contribution in [0.2, 0.25) is 0 Å². The number of carbonyl (C=O) groups excluding carboxylic acids is 2. The monoisotopic (exact) mass is 463 g/mol. The van der Waals surface area contributed by atoms with Crippen molar-refractivity contribution in [2.75, 3.05) is 18.5 Å². The molecule has 2 aromatic carbocycles. The second-order valence-electron chi connectivity index (χ2n) is 7.52. The Balaban J connectivity index is 1.61. The lowest BCUT2D eigenvalue weighted by atomic mass is 9.94. The molecule has 0 saturated heterocycles. The number of fused-ring (bicyclic) bond motifs is 1. The van der Waals surface area contributed by atoms with Crippen LogP contribution in [0.5, 0.6) is 5.75 Å². The van der Waals surface area contributed by atoms with Crippen LogP contribution in [0.25, 0.3) is 0 Å². The third kappa shape index (κ3) is 4.80. The maximum atomic E-state index is 12.9. The summed E-state index contributed by atoms with van der Waals surface area (Å²) in [5.74, 6) is -0.164. The zero-order chi connectivity index (χ0) is 23.4. The number of aliphatic imine (C=N–C) groups is 1. The van der Waals surface area contributed by atoms with Gasteiger partial charge in [0.05, 0.1) is 23.9 Å². The van der Waals surface area contributed by atoms with Gasteiger partial charge in [0.1, 0.15) is 5.75 Å². The minimum Gasteiger partial charge on any atom is -0.483 e. The van der Waals surface area contributed by atoms with E-state index in [-0.39, 0.29) is 19.1 Å². The summed E-state index contributed by atoms with van der Waals surface area (Å²) in [5.41, 5.74) is 3.53. The number of nitrogens with one attached hydrogen (secondary N) is 1. The van der Waals surface area contributed by atoms with E-state index in [4.69, 9.17) is 9.47 Å². The summed E-state index contributed by atoms with van der Waals surface area (Å²) in [4.78, 5) is 31.9. The molecule has 1 atom stereocenters. The third-order valence-electron chi connectivity index (χ3n) is 5.31. The van der Waals surface area contributed by atoms with Gasteiger partial charge in [-0.15, -0.1) is 0 Å². The van der Waals surface area contributed by atoms with E-state index in [0.717, 1.165) is 22.0 Å². The highest BCUT2D eigenvalue weighted by molar-refractivity contribution is 8.16. The van der Waals surface area contributed by atoms with E-state index in [9.17, 15) is 9.59 Å². The lowest BCUT2D eigenvalue weighted by Crippen LogP contribution is -2.34. The maximum absolute atomic E-state index is 12.9. The summed E-state index contributed by atoms with van der Waals surface area (Å²) in [6.07, 6.45) is 1.89. The van der Waals surface area contributed by atoms with Crippen LogP contribution in [0.1, 0.15) is 31.0 Å². The van der Waals surface area contributed by atoms with E-state index in [0.29, 0.717) is 17.0 Å². The molecule has 2 aromatic rings. The first-order valence-electron chi connectivity index (χ1n) is 10.6. The van der Waals surface area contributed by atoms with Crippen molar-refractivity contribution in [2.24, 2.45) is 4.99 Å². The number of hydrogen-bond donors (Lipinski definition) is 1. The molecule has 0 bridgehead atoms. The number of anilines is 1. The molecular formula is C25H25N3O4S. The van der Waals surface area contributed by atoms with Gasteiger partial charge in [-0.2, -0.15) is 0 Å². The van der Waals surface area contributed by atoms with Gasteiger partial charge < -0.3 is 19.7 Å². The van der Waals surface area contributed by atoms with Gasteiger partial charge in [0.2, 0.25) is 0 Å². The van der Waals surface area contributed by atoms with Crippen LogP contribution in [0.3, 0.4) is 0 Å². The topological polar surface area (TPSA) is 80.2 Å². The highest BCUT2D eigenvalue weighted by Crippen LogP contribution is 2.43. The molecule has 2 aliphatic rings. The smallest absolute Gasteiger partial charge is 0.338 e. The second kappa shape index (κ2) is 9.95. The molecule has 1 unspecified atom stereocenters. The minimum absolute atomic E-state index is 0.166. The fourth-order valence-electron chi connectivity index (χ4n) is 3.76. The van der Waals surface area contributed by atoms with Crippen molar-refractivity contribution in [3.05, 3.63) is 82.5 Å². The van der Waals surface area contributed by atoms with Crippen molar-refractivity contribution in [2.45, 2.75) is 26.8 Å². The summed E-state index contributed by atoms with van der Waals surface area (Å²) in [5, 5.41) is 5.57. The SMILES string of the molecule is CCOC(=O)C1=C(C)N=C2SC=CN2C1c1ccccc1OCC(=O)Nc1ccccc1C. The van der Waals surface area contributed by atoms with Crippen molar-refractivity contribution >= 4 is 34.5 Å². The molecular weight excluding hydrogens is 438 g/mol. The lowest BCUT2D eigenvalue weighted by molar-refractivity contribution is -0.139. The van der Waals surface area contributed by atoms with Crippen LogP contribution in [0.15, 0.2) is 76.4 Å². The van der Waals surface area contributed by atoms with Crippen LogP contribution in [-0.2, 0) is 14.3 Å². The number of thioether (sulfide) groups is 1. The predicted octanol–water partition coefficient (Wildman–Crippen LogP) is 4.78. The molecule has 0 radical (unpaired) electrons. The molecule has 4 rings (SSSR count). The van der Waals surface area contributed by atoms with Crippen molar-refractivity contribution in [1.82, 2.24) is 4.90 Å². The van der Waals surface area contributed by atoms with E-state index in [2.05, 4.69) is 10.3 Å². The zero-order valence-corrected chi connectivity index (χ0v) is 19.5. The molecule has 1 amide bonds. The first kappa shape index (κ1) is 22.7. The minimum atomic E-state index is -0.474. The molecule has 2 heterocycles. The number of amidine groups is 1. The molecule has 33 heavy (non-hydrogen) atoms. The number of aryl methyl sites for hydroxylation is 1. The van der Waals surface area contributed by atoms with Crippen LogP contribution < -0.4 is 10.1 Å². The van der Waals surface area contributed by atoms with Gasteiger partial charge in [-0.3, -0.25) is 4.79 Å². The number of rotatable bonds is 7. The summed E-state index contributed by atoms with van der Waals surface area (Å²) < 4.78 is 11.3. The van der Waals surface area contributed by atoms with E-state index in [1.54, 1.807) is 13.0 Å². The Hall–Kier alpha value is -3.52. The zero-order valence-electron chi connectivity index (χ0n) is 18.7. The number of allylic oxidation sites excluding steroid dienone is 1.